The molecule has 15 heavy (non-hydrogen) atoms. The van der Waals surface area contributed by atoms with Crippen LogP contribution in [0.3, 0.4) is 0 Å². The summed E-state index contributed by atoms with van der Waals surface area (Å²) < 4.78 is 13.4. The number of hydrogen-bond donors (Lipinski definition) is 1. The van der Waals surface area contributed by atoms with Crippen molar-refractivity contribution in [2.24, 2.45) is 0 Å². The van der Waals surface area contributed by atoms with E-state index in [9.17, 15) is 4.39 Å². The Morgan fingerprint density at radius 3 is 2.93 bits per heavy atom. The molecule has 1 N–H and O–H groups in total. The highest BCUT2D eigenvalue weighted by atomic mass is 19.1. The number of nitrogens with one attached hydrogen (secondary N) is 1. The van der Waals surface area contributed by atoms with E-state index in [-0.39, 0.29) is 5.82 Å². The standard InChI is InChI=1S/C13H18FN/c1-3-13-11(6-7-15-13)10-5-4-9(2)12(14)8-10/h4-5,8,11,13,15H,3,6-7H2,1-2H3. The van der Waals surface area contributed by atoms with Crippen LogP contribution < -0.4 is 5.32 Å². The fourth-order valence-electron chi connectivity index (χ4n) is 2.44. The summed E-state index contributed by atoms with van der Waals surface area (Å²) in [4.78, 5) is 0. The summed E-state index contributed by atoms with van der Waals surface area (Å²) in [5, 5.41) is 3.47. The zero-order valence-electron chi connectivity index (χ0n) is 9.39. The Morgan fingerprint density at radius 1 is 1.47 bits per heavy atom. The second kappa shape index (κ2) is 4.31. The molecule has 0 bridgehead atoms. The molecule has 0 radical (unpaired) electrons. The van der Waals surface area contributed by atoms with Gasteiger partial charge in [0.1, 0.15) is 5.82 Å². The third-order valence-electron chi connectivity index (χ3n) is 3.41. The zero-order valence-corrected chi connectivity index (χ0v) is 9.39. The fourth-order valence-corrected chi connectivity index (χ4v) is 2.44. The normalized spacial score (nSPS) is 25.8. The average Bonchev–Trinajstić information content (AvgIpc) is 2.70. The Bertz CT molecular complexity index is 348. The first kappa shape index (κ1) is 10.6. The second-order valence-corrected chi connectivity index (χ2v) is 4.37. The van der Waals surface area contributed by atoms with E-state index in [2.05, 4.69) is 18.3 Å². The van der Waals surface area contributed by atoms with Crippen LogP contribution in [0.15, 0.2) is 18.2 Å². The molecule has 2 atom stereocenters. The predicted molar refractivity (Wildman–Crippen MR) is 60.6 cm³/mol. The molecule has 1 saturated heterocycles. The first-order chi connectivity index (χ1) is 7.22. The van der Waals surface area contributed by atoms with Crippen molar-refractivity contribution in [2.45, 2.75) is 38.6 Å². The molecule has 2 heteroatoms. The van der Waals surface area contributed by atoms with Gasteiger partial charge >= 0.3 is 0 Å². The van der Waals surface area contributed by atoms with Gasteiger partial charge in [-0.3, -0.25) is 0 Å². The van der Waals surface area contributed by atoms with Crippen molar-refractivity contribution in [3.8, 4) is 0 Å². The van der Waals surface area contributed by atoms with Crippen LogP contribution in [0.2, 0.25) is 0 Å². The number of benzene rings is 1. The first-order valence-electron chi connectivity index (χ1n) is 5.71. The average molecular weight is 207 g/mol. The lowest BCUT2D eigenvalue weighted by Crippen LogP contribution is -2.24. The minimum absolute atomic E-state index is 0.0748. The van der Waals surface area contributed by atoms with Crippen molar-refractivity contribution < 1.29 is 4.39 Å². The molecule has 1 aliphatic rings. The van der Waals surface area contributed by atoms with E-state index in [0.29, 0.717) is 12.0 Å². The fraction of sp³-hybridized carbons (Fsp3) is 0.538. The van der Waals surface area contributed by atoms with E-state index >= 15 is 0 Å². The number of hydrogen-bond acceptors (Lipinski definition) is 1. The zero-order chi connectivity index (χ0) is 10.8. The van der Waals surface area contributed by atoms with Gasteiger partial charge in [0.2, 0.25) is 0 Å². The van der Waals surface area contributed by atoms with Gasteiger partial charge in [-0.1, -0.05) is 19.1 Å². The summed E-state index contributed by atoms with van der Waals surface area (Å²) in [6.07, 6.45) is 2.24. The van der Waals surface area contributed by atoms with Crippen molar-refractivity contribution >= 4 is 0 Å². The van der Waals surface area contributed by atoms with Crippen molar-refractivity contribution in [1.82, 2.24) is 5.32 Å². The minimum Gasteiger partial charge on any atom is -0.313 e. The molecule has 2 rings (SSSR count). The summed E-state index contributed by atoms with van der Waals surface area (Å²) in [7, 11) is 0. The molecule has 0 amide bonds. The minimum atomic E-state index is -0.0748. The van der Waals surface area contributed by atoms with Crippen LogP contribution in [0.1, 0.15) is 36.8 Å². The largest absolute Gasteiger partial charge is 0.313 e. The Balaban J connectivity index is 2.25. The van der Waals surface area contributed by atoms with Gasteiger partial charge in [0.15, 0.2) is 0 Å². The molecule has 0 aromatic heterocycles. The monoisotopic (exact) mass is 207 g/mol. The molecule has 1 aromatic rings. The Labute approximate surface area is 90.7 Å². The first-order valence-corrected chi connectivity index (χ1v) is 5.71. The Kier molecular flexibility index (Phi) is 3.06. The second-order valence-electron chi connectivity index (χ2n) is 4.37. The van der Waals surface area contributed by atoms with Gasteiger partial charge in [-0.15, -0.1) is 0 Å². The molecule has 1 fully saturated rings. The van der Waals surface area contributed by atoms with Crippen molar-refractivity contribution in [1.29, 1.82) is 0 Å². The van der Waals surface area contributed by atoms with Gasteiger partial charge in [0.25, 0.3) is 0 Å². The third kappa shape index (κ3) is 2.05. The van der Waals surface area contributed by atoms with E-state index in [1.807, 2.05) is 13.0 Å². The SMILES string of the molecule is CCC1NCCC1c1ccc(C)c(F)c1. The Morgan fingerprint density at radius 2 is 2.27 bits per heavy atom. The summed E-state index contributed by atoms with van der Waals surface area (Å²) in [5.41, 5.74) is 1.88. The molecule has 1 nitrogen and oxygen atoms in total. The van der Waals surface area contributed by atoms with Gasteiger partial charge in [0, 0.05) is 12.0 Å². The lowest BCUT2D eigenvalue weighted by Gasteiger charge is -2.18. The van der Waals surface area contributed by atoms with Gasteiger partial charge in [-0.05, 0) is 43.5 Å². The molecular weight excluding hydrogens is 189 g/mol. The smallest absolute Gasteiger partial charge is 0.126 e. The van der Waals surface area contributed by atoms with Gasteiger partial charge in [-0.2, -0.15) is 0 Å². The number of rotatable bonds is 2. The molecule has 1 heterocycles. The molecule has 0 saturated carbocycles. The van der Waals surface area contributed by atoms with Crippen LogP contribution >= 0.6 is 0 Å². The van der Waals surface area contributed by atoms with E-state index in [1.54, 1.807) is 6.07 Å². The highest BCUT2D eigenvalue weighted by Gasteiger charge is 2.26. The van der Waals surface area contributed by atoms with Crippen LogP contribution in [0.4, 0.5) is 4.39 Å². The molecule has 0 aliphatic carbocycles. The summed E-state index contributed by atoms with van der Waals surface area (Å²) >= 11 is 0. The molecule has 2 unspecified atom stereocenters. The van der Waals surface area contributed by atoms with Crippen LogP contribution in [-0.4, -0.2) is 12.6 Å². The van der Waals surface area contributed by atoms with Crippen molar-refractivity contribution in [3.05, 3.63) is 35.1 Å². The summed E-state index contributed by atoms with van der Waals surface area (Å²) in [5.74, 6) is 0.416. The predicted octanol–water partition coefficient (Wildman–Crippen LogP) is 2.99. The lowest BCUT2D eigenvalue weighted by atomic mass is 9.90. The van der Waals surface area contributed by atoms with E-state index in [1.165, 1.54) is 0 Å². The molecule has 1 aromatic carbocycles. The van der Waals surface area contributed by atoms with E-state index < -0.39 is 0 Å². The number of halogens is 1. The maximum absolute atomic E-state index is 13.4. The topological polar surface area (TPSA) is 12.0 Å². The van der Waals surface area contributed by atoms with Crippen LogP contribution in [0.5, 0.6) is 0 Å². The summed E-state index contributed by atoms with van der Waals surface area (Å²) in [6, 6.07) is 6.18. The van der Waals surface area contributed by atoms with Crippen LogP contribution in [0.25, 0.3) is 0 Å². The highest BCUT2D eigenvalue weighted by molar-refractivity contribution is 5.28. The molecule has 0 spiro atoms. The maximum atomic E-state index is 13.4. The van der Waals surface area contributed by atoms with E-state index in [0.717, 1.165) is 30.5 Å². The highest BCUT2D eigenvalue weighted by Crippen LogP contribution is 2.30. The van der Waals surface area contributed by atoms with Crippen molar-refractivity contribution in [3.63, 3.8) is 0 Å². The van der Waals surface area contributed by atoms with Crippen LogP contribution in [0, 0.1) is 12.7 Å². The molecular formula is C13H18FN. The third-order valence-corrected chi connectivity index (χ3v) is 3.41. The van der Waals surface area contributed by atoms with Crippen LogP contribution in [-0.2, 0) is 0 Å². The number of aryl methyl sites for hydroxylation is 1. The molecule has 1 aliphatic heterocycles. The van der Waals surface area contributed by atoms with Gasteiger partial charge in [0.05, 0.1) is 0 Å². The Hall–Kier alpha value is -0.890. The van der Waals surface area contributed by atoms with E-state index in [4.69, 9.17) is 0 Å². The maximum Gasteiger partial charge on any atom is 0.126 e. The van der Waals surface area contributed by atoms with Gasteiger partial charge < -0.3 is 5.32 Å². The van der Waals surface area contributed by atoms with Crippen molar-refractivity contribution in [2.75, 3.05) is 6.54 Å². The summed E-state index contributed by atoms with van der Waals surface area (Å²) in [6.45, 7) is 5.04. The lowest BCUT2D eigenvalue weighted by molar-refractivity contribution is 0.527. The quantitative estimate of drug-likeness (QED) is 0.786. The molecule has 82 valence electrons. The van der Waals surface area contributed by atoms with Gasteiger partial charge in [-0.25, -0.2) is 4.39 Å².